The first-order chi connectivity index (χ1) is 8.70. The predicted molar refractivity (Wildman–Crippen MR) is 71.8 cm³/mol. The van der Waals surface area contributed by atoms with Gasteiger partial charge in [-0.15, -0.1) is 0 Å². The van der Waals surface area contributed by atoms with E-state index in [2.05, 4.69) is 20.9 Å². The number of pyridine rings is 1. The van der Waals surface area contributed by atoms with Crippen LogP contribution in [-0.2, 0) is 0 Å². The van der Waals surface area contributed by atoms with Crippen molar-refractivity contribution in [3.8, 4) is 6.07 Å². The van der Waals surface area contributed by atoms with Crippen LogP contribution in [0.15, 0.2) is 47.1 Å². The molecule has 0 N–H and O–H groups in total. The zero-order valence-corrected chi connectivity index (χ0v) is 10.9. The van der Waals surface area contributed by atoms with Crippen molar-refractivity contribution in [2.45, 2.75) is 0 Å². The fourth-order valence-corrected chi connectivity index (χ4v) is 1.85. The number of allylic oxidation sites excluding steroid dienone is 1. The SMILES string of the molecule is N#CC(=Cc1cc(Br)ccc1F)c1ccccn1. The molecule has 1 aromatic heterocycles. The molecule has 0 spiro atoms. The number of benzene rings is 1. The van der Waals surface area contributed by atoms with Crippen molar-refractivity contribution in [2.75, 3.05) is 0 Å². The second kappa shape index (κ2) is 5.56. The molecule has 0 unspecified atom stereocenters. The molecule has 1 heterocycles. The van der Waals surface area contributed by atoms with Crippen LogP contribution in [0, 0.1) is 17.1 Å². The highest BCUT2D eigenvalue weighted by Gasteiger charge is 2.05. The van der Waals surface area contributed by atoms with Crippen LogP contribution in [-0.4, -0.2) is 4.98 Å². The van der Waals surface area contributed by atoms with Gasteiger partial charge in [0, 0.05) is 16.2 Å². The lowest BCUT2D eigenvalue weighted by atomic mass is 10.1. The fourth-order valence-electron chi connectivity index (χ4n) is 1.47. The first kappa shape index (κ1) is 12.5. The van der Waals surface area contributed by atoms with E-state index in [1.54, 1.807) is 36.5 Å². The van der Waals surface area contributed by atoms with E-state index in [0.717, 1.165) is 4.47 Å². The second-order valence-corrected chi connectivity index (χ2v) is 4.47. The summed E-state index contributed by atoms with van der Waals surface area (Å²) in [5, 5.41) is 9.11. The van der Waals surface area contributed by atoms with Crippen LogP contribution in [0.1, 0.15) is 11.3 Å². The van der Waals surface area contributed by atoms with Gasteiger partial charge in [0.05, 0.1) is 11.3 Å². The van der Waals surface area contributed by atoms with Gasteiger partial charge in [0.25, 0.3) is 0 Å². The van der Waals surface area contributed by atoms with Crippen LogP contribution in [0.3, 0.4) is 0 Å². The third-order valence-electron chi connectivity index (χ3n) is 2.32. The van der Waals surface area contributed by atoms with Crippen LogP contribution in [0.5, 0.6) is 0 Å². The average Bonchev–Trinajstić information content (AvgIpc) is 2.41. The minimum atomic E-state index is -0.373. The van der Waals surface area contributed by atoms with Gasteiger partial charge in [-0.25, -0.2) is 4.39 Å². The molecule has 0 saturated heterocycles. The standard InChI is InChI=1S/C14H8BrFN2/c15-12-4-5-13(16)10(8-12)7-11(9-17)14-3-1-2-6-18-14/h1-8H. The molecule has 88 valence electrons. The lowest BCUT2D eigenvalue weighted by Crippen LogP contribution is -1.88. The van der Waals surface area contributed by atoms with Crippen LogP contribution >= 0.6 is 15.9 Å². The monoisotopic (exact) mass is 302 g/mol. The Kier molecular flexibility index (Phi) is 3.85. The summed E-state index contributed by atoms with van der Waals surface area (Å²) >= 11 is 3.27. The Morgan fingerprint density at radius 2 is 2.17 bits per heavy atom. The molecule has 2 nitrogen and oxygen atoms in total. The molecule has 2 aromatic rings. The normalized spacial score (nSPS) is 11.1. The summed E-state index contributed by atoms with van der Waals surface area (Å²) in [6.07, 6.45) is 3.08. The van der Waals surface area contributed by atoms with E-state index < -0.39 is 0 Å². The quantitative estimate of drug-likeness (QED) is 0.785. The molecule has 0 fully saturated rings. The Bertz CT molecular complexity index is 630. The van der Waals surface area contributed by atoms with Crippen molar-refractivity contribution < 1.29 is 4.39 Å². The van der Waals surface area contributed by atoms with Crippen LogP contribution in [0.2, 0.25) is 0 Å². The maximum absolute atomic E-state index is 13.6. The molecule has 0 saturated carbocycles. The largest absolute Gasteiger partial charge is 0.256 e. The van der Waals surface area contributed by atoms with Crippen molar-refractivity contribution in [3.05, 3.63) is 64.1 Å². The van der Waals surface area contributed by atoms with E-state index in [9.17, 15) is 4.39 Å². The van der Waals surface area contributed by atoms with Gasteiger partial charge in [0.1, 0.15) is 11.9 Å². The number of hydrogen-bond acceptors (Lipinski definition) is 2. The maximum atomic E-state index is 13.6. The fraction of sp³-hybridized carbons (Fsp3) is 0. The minimum absolute atomic E-state index is 0.326. The lowest BCUT2D eigenvalue weighted by Gasteiger charge is -2.00. The second-order valence-electron chi connectivity index (χ2n) is 3.55. The number of rotatable bonds is 2. The summed E-state index contributed by atoms with van der Waals surface area (Å²) in [6.45, 7) is 0. The van der Waals surface area contributed by atoms with E-state index in [0.29, 0.717) is 16.8 Å². The molecule has 4 heteroatoms. The Morgan fingerprint density at radius 3 is 2.83 bits per heavy atom. The van der Waals surface area contributed by atoms with E-state index in [1.807, 2.05) is 6.07 Å². The molecule has 1 aromatic carbocycles. The number of nitriles is 1. The third kappa shape index (κ3) is 2.82. The Morgan fingerprint density at radius 1 is 1.33 bits per heavy atom. The number of halogens is 2. The van der Waals surface area contributed by atoms with Crippen molar-refractivity contribution in [3.63, 3.8) is 0 Å². The third-order valence-corrected chi connectivity index (χ3v) is 2.81. The molecule has 0 atom stereocenters. The van der Waals surface area contributed by atoms with Crippen LogP contribution in [0.4, 0.5) is 4.39 Å². The summed E-state index contributed by atoms with van der Waals surface area (Å²) in [7, 11) is 0. The Hall–Kier alpha value is -1.99. The van der Waals surface area contributed by atoms with Crippen molar-refractivity contribution >= 4 is 27.6 Å². The summed E-state index contributed by atoms with van der Waals surface area (Å²) in [5.41, 5.74) is 1.21. The van der Waals surface area contributed by atoms with E-state index in [1.165, 1.54) is 12.1 Å². The van der Waals surface area contributed by atoms with Crippen molar-refractivity contribution in [2.24, 2.45) is 0 Å². The van der Waals surface area contributed by atoms with Crippen LogP contribution < -0.4 is 0 Å². The predicted octanol–water partition coefficient (Wildman–Crippen LogP) is 4.05. The summed E-state index contributed by atoms with van der Waals surface area (Å²) in [4.78, 5) is 4.07. The maximum Gasteiger partial charge on any atom is 0.130 e. The molecule has 0 aliphatic rings. The molecule has 0 aliphatic carbocycles. The van der Waals surface area contributed by atoms with Gasteiger partial charge >= 0.3 is 0 Å². The average molecular weight is 303 g/mol. The summed E-state index contributed by atoms with van der Waals surface area (Å²) in [5.74, 6) is -0.373. The highest BCUT2D eigenvalue weighted by atomic mass is 79.9. The van der Waals surface area contributed by atoms with Gasteiger partial charge in [-0.3, -0.25) is 4.98 Å². The molecule has 2 rings (SSSR count). The van der Waals surface area contributed by atoms with Crippen molar-refractivity contribution in [1.82, 2.24) is 4.98 Å². The Balaban J connectivity index is 2.48. The highest BCUT2D eigenvalue weighted by Crippen LogP contribution is 2.21. The number of nitrogens with zero attached hydrogens (tertiary/aromatic N) is 2. The Labute approximate surface area is 113 Å². The zero-order chi connectivity index (χ0) is 13.0. The number of hydrogen-bond donors (Lipinski definition) is 0. The van der Waals surface area contributed by atoms with Gasteiger partial charge in [-0.2, -0.15) is 5.26 Å². The smallest absolute Gasteiger partial charge is 0.130 e. The van der Waals surface area contributed by atoms with Gasteiger partial charge < -0.3 is 0 Å². The zero-order valence-electron chi connectivity index (χ0n) is 9.27. The van der Waals surface area contributed by atoms with Crippen molar-refractivity contribution in [1.29, 1.82) is 5.26 Å². The van der Waals surface area contributed by atoms with Gasteiger partial charge in [0.15, 0.2) is 0 Å². The van der Waals surface area contributed by atoms with E-state index >= 15 is 0 Å². The van der Waals surface area contributed by atoms with Gasteiger partial charge in [-0.05, 0) is 36.4 Å². The van der Waals surface area contributed by atoms with Gasteiger partial charge in [0.2, 0.25) is 0 Å². The summed E-state index contributed by atoms with van der Waals surface area (Å²) in [6, 6.07) is 11.9. The van der Waals surface area contributed by atoms with E-state index in [-0.39, 0.29) is 5.82 Å². The topological polar surface area (TPSA) is 36.7 Å². The van der Waals surface area contributed by atoms with E-state index in [4.69, 9.17) is 5.26 Å². The summed E-state index contributed by atoms with van der Waals surface area (Å²) < 4.78 is 14.3. The van der Waals surface area contributed by atoms with Crippen LogP contribution in [0.25, 0.3) is 11.6 Å². The molecule has 0 amide bonds. The molecule has 0 aliphatic heterocycles. The lowest BCUT2D eigenvalue weighted by molar-refractivity contribution is 0.625. The molecule has 0 radical (unpaired) electrons. The molecular weight excluding hydrogens is 295 g/mol. The molecule has 18 heavy (non-hydrogen) atoms. The van der Waals surface area contributed by atoms with Gasteiger partial charge in [-0.1, -0.05) is 22.0 Å². The molecular formula is C14H8BrFN2. The molecule has 0 bridgehead atoms. The minimum Gasteiger partial charge on any atom is -0.256 e. The first-order valence-corrected chi connectivity index (χ1v) is 5.98. The first-order valence-electron chi connectivity index (χ1n) is 5.19. The highest BCUT2D eigenvalue weighted by molar-refractivity contribution is 9.10. The number of aromatic nitrogens is 1.